The molecule has 0 atom stereocenters. The summed E-state index contributed by atoms with van der Waals surface area (Å²) in [6, 6.07) is 17.7. The molecule has 0 aliphatic heterocycles. The van der Waals surface area contributed by atoms with Gasteiger partial charge >= 0.3 is 0 Å². The number of aryl methyl sites for hydroxylation is 1. The summed E-state index contributed by atoms with van der Waals surface area (Å²) in [4.78, 5) is 12.0. The normalized spacial score (nSPS) is 10.1. The van der Waals surface area contributed by atoms with Crippen molar-refractivity contribution >= 4 is 5.91 Å². The van der Waals surface area contributed by atoms with Crippen molar-refractivity contribution in [2.45, 2.75) is 19.9 Å². The third kappa shape index (κ3) is 3.20. The SMILES string of the molecule is CCc1cccc(C(=O)NCc2ccccc2)c1. The average molecular weight is 239 g/mol. The molecule has 0 radical (unpaired) electrons. The number of amides is 1. The molecular formula is C16H17NO. The van der Waals surface area contributed by atoms with Gasteiger partial charge < -0.3 is 5.32 Å². The zero-order valence-corrected chi connectivity index (χ0v) is 10.5. The summed E-state index contributed by atoms with van der Waals surface area (Å²) in [6.45, 7) is 2.65. The molecule has 0 aliphatic rings. The predicted octanol–water partition coefficient (Wildman–Crippen LogP) is 3.18. The Morgan fingerprint density at radius 1 is 1.00 bits per heavy atom. The predicted molar refractivity (Wildman–Crippen MR) is 73.4 cm³/mol. The van der Waals surface area contributed by atoms with Gasteiger partial charge in [0.15, 0.2) is 0 Å². The highest BCUT2D eigenvalue weighted by Crippen LogP contribution is 2.06. The zero-order valence-electron chi connectivity index (χ0n) is 10.5. The Hall–Kier alpha value is -2.09. The van der Waals surface area contributed by atoms with Gasteiger partial charge in [-0.3, -0.25) is 4.79 Å². The lowest BCUT2D eigenvalue weighted by Crippen LogP contribution is -2.22. The molecule has 0 aromatic heterocycles. The van der Waals surface area contributed by atoms with Crippen LogP contribution in [-0.4, -0.2) is 5.91 Å². The number of hydrogen-bond donors (Lipinski definition) is 1. The number of carbonyl (C=O) groups is 1. The highest BCUT2D eigenvalue weighted by molar-refractivity contribution is 5.94. The monoisotopic (exact) mass is 239 g/mol. The van der Waals surface area contributed by atoms with Crippen LogP contribution >= 0.6 is 0 Å². The van der Waals surface area contributed by atoms with E-state index in [9.17, 15) is 4.79 Å². The summed E-state index contributed by atoms with van der Waals surface area (Å²) in [6.07, 6.45) is 0.944. The van der Waals surface area contributed by atoms with Crippen LogP contribution in [0.25, 0.3) is 0 Å². The van der Waals surface area contributed by atoms with Crippen LogP contribution in [0.5, 0.6) is 0 Å². The van der Waals surface area contributed by atoms with E-state index in [1.54, 1.807) is 0 Å². The summed E-state index contributed by atoms with van der Waals surface area (Å²) in [7, 11) is 0. The van der Waals surface area contributed by atoms with Crippen molar-refractivity contribution in [2.75, 3.05) is 0 Å². The van der Waals surface area contributed by atoms with Crippen molar-refractivity contribution in [1.29, 1.82) is 0 Å². The van der Waals surface area contributed by atoms with Crippen LogP contribution in [-0.2, 0) is 13.0 Å². The molecule has 0 aliphatic carbocycles. The average Bonchev–Trinajstić information content (AvgIpc) is 2.46. The first-order valence-electron chi connectivity index (χ1n) is 6.20. The summed E-state index contributed by atoms with van der Waals surface area (Å²) in [5.74, 6) is -0.0193. The molecule has 1 N–H and O–H groups in total. The molecule has 0 saturated heterocycles. The minimum absolute atomic E-state index is 0.0193. The Morgan fingerprint density at radius 3 is 2.44 bits per heavy atom. The fraction of sp³-hybridized carbons (Fsp3) is 0.188. The fourth-order valence-corrected chi connectivity index (χ4v) is 1.81. The first kappa shape index (κ1) is 12.4. The van der Waals surface area contributed by atoms with Crippen molar-refractivity contribution in [3.05, 3.63) is 71.3 Å². The lowest BCUT2D eigenvalue weighted by molar-refractivity contribution is 0.0951. The second kappa shape index (κ2) is 6.01. The Kier molecular flexibility index (Phi) is 4.13. The van der Waals surface area contributed by atoms with Crippen molar-refractivity contribution in [3.8, 4) is 0 Å². The lowest BCUT2D eigenvalue weighted by atomic mass is 10.1. The van der Waals surface area contributed by atoms with E-state index in [1.807, 2.05) is 54.6 Å². The fourth-order valence-electron chi connectivity index (χ4n) is 1.81. The standard InChI is InChI=1S/C16H17NO/c1-2-13-9-6-10-15(11-13)16(18)17-12-14-7-4-3-5-8-14/h3-11H,2,12H2,1H3,(H,17,18). The van der Waals surface area contributed by atoms with Gasteiger partial charge in [0.1, 0.15) is 0 Å². The molecule has 1 amide bonds. The van der Waals surface area contributed by atoms with Gasteiger partial charge in [-0.2, -0.15) is 0 Å². The van der Waals surface area contributed by atoms with Crippen LogP contribution in [0.1, 0.15) is 28.4 Å². The zero-order chi connectivity index (χ0) is 12.8. The molecule has 2 aromatic carbocycles. The van der Waals surface area contributed by atoms with Gasteiger partial charge in [0.25, 0.3) is 5.91 Å². The number of nitrogens with one attached hydrogen (secondary N) is 1. The molecule has 2 rings (SSSR count). The van der Waals surface area contributed by atoms with Gasteiger partial charge in [-0.1, -0.05) is 49.4 Å². The number of benzene rings is 2. The van der Waals surface area contributed by atoms with E-state index in [4.69, 9.17) is 0 Å². The molecule has 0 saturated carbocycles. The van der Waals surface area contributed by atoms with E-state index in [0.29, 0.717) is 6.54 Å². The summed E-state index contributed by atoms with van der Waals surface area (Å²) < 4.78 is 0. The van der Waals surface area contributed by atoms with Gasteiger partial charge in [-0.15, -0.1) is 0 Å². The Morgan fingerprint density at radius 2 is 1.72 bits per heavy atom. The van der Waals surface area contributed by atoms with Crippen LogP contribution in [0.2, 0.25) is 0 Å². The molecule has 2 heteroatoms. The maximum atomic E-state index is 12.0. The minimum Gasteiger partial charge on any atom is -0.348 e. The lowest BCUT2D eigenvalue weighted by Gasteiger charge is -2.06. The van der Waals surface area contributed by atoms with Gasteiger partial charge in [0.2, 0.25) is 0 Å². The number of hydrogen-bond acceptors (Lipinski definition) is 1. The third-order valence-corrected chi connectivity index (χ3v) is 2.89. The van der Waals surface area contributed by atoms with Gasteiger partial charge in [0, 0.05) is 12.1 Å². The van der Waals surface area contributed by atoms with E-state index < -0.39 is 0 Å². The molecule has 2 nitrogen and oxygen atoms in total. The first-order chi connectivity index (χ1) is 8.79. The summed E-state index contributed by atoms with van der Waals surface area (Å²) in [5.41, 5.74) is 3.02. The molecule has 18 heavy (non-hydrogen) atoms. The molecular weight excluding hydrogens is 222 g/mol. The highest BCUT2D eigenvalue weighted by Gasteiger charge is 2.05. The van der Waals surface area contributed by atoms with E-state index >= 15 is 0 Å². The summed E-state index contributed by atoms with van der Waals surface area (Å²) in [5, 5.41) is 2.93. The Balaban J connectivity index is 1.99. The number of carbonyl (C=O) groups excluding carboxylic acids is 1. The van der Waals surface area contributed by atoms with Crippen molar-refractivity contribution in [3.63, 3.8) is 0 Å². The molecule has 0 unspecified atom stereocenters. The van der Waals surface area contributed by atoms with E-state index in [2.05, 4.69) is 12.2 Å². The van der Waals surface area contributed by atoms with Crippen molar-refractivity contribution in [2.24, 2.45) is 0 Å². The van der Waals surface area contributed by atoms with Gasteiger partial charge in [0.05, 0.1) is 0 Å². The smallest absolute Gasteiger partial charge is 0.251 e. The molecule has 0 fully saturated rings. The second-order valence-corrected chi connectivity index (χ2v) is 4.22. The highest BCUT2D eigenvalue weighted by atomic mass is 16.1. The Labute approximate surface area is 108 Å². The second-order valence-electron chi connectivity index (χ2n) is 4.22. The van der Waals surface area contributed by atoms with Crippen LogP contribution in [0.4, 0.5) is 0 Å². The first-order valence-corrected chi connectivity index (χ1v) is 6.20. The Bertz CT molecular complexity index is 520. The molecule has 0 spiro atoms. The largest absolute Gasteiger partial charge is 0.348 e. The molecule has 0 bridgehead atoms. The summed E-state index contributed by atoms with van der Waals surface area (Å²) >= 11 is 0. The van der Waals surface area contributed by atoms with Crippen LogP contribution in [0.15, 0.2) is 54.6 Å². The van der Waals surface area contributed by atoms with Gasteiger partial charge in [-0.05, 0) is 29.7 Å². The topological polar surface area (TPSA) is 29.1 Å². The third-order valence-electron chi connectivity index (χ3n) is 2.89. The van der Waals surface area contributed by atoms with E-state index in [0.717, 1.165) is 17.5 Å². The maximum absolute atomic E-state index is 12.0. The van der Waals surface area contributed by atoms with Gasteiger partial charge in [-0.25, -0.2) is 0 Å². The molecule has 0 heterocycles. The molecule has 92 valence electrons. The number of rotatable bonds is 4. The van der Waals surface area contributed by atoms with Crippen molar-refractivity contribution < 1.29 is 4.79 Å². The van der Waals surface area contributed by atoms with E-state index in [-0.39, 0.29) is 5.91 Å². The van der Waals surface area contributed by atoms with E-state index in [1.165, 1.54) is 5.56 Å². The molecule has 2 aromatic rings. The van der Waals surface area contributed by atoms with Crippen LogP contribution < -0.4 is 5.32 Å². The van der Waals surface area contributed by atoms with Crippen LogP contribution in [0.3, 0.4) is 0 Å². The quantitative estimate of drug-likeness (QED) is 0.872. The minimum atomic E-state index is -0.0193. The van der Waals surface area contributed by atoms with Crippen LogP contribution in [0, 0.1) is 0 Å². The maximum Gasteiger partial charge on any atom is 0.251 e. The van der Waals surface area contributed by atoms with Crippen molar-refractivity contribution in [1.82, 2.24) is 5.32 Å².